The number of nitrogens with one attached hydrogen (secondary N) is 1. The van der Waals surface area contributed by atoms with Crippen molar-refractivity contribution in [2.45, 2.75) is 33.0 Å². The zero-order valence-electron chi connectivity index (χ0n) is 16.6. The Kier molecular flexibility index (Phi) is 7.99. The highest BCUT2D eigenvalue weighted by Gasteiger charge is 2.13. The molecule has 3 nitrogen and oxygen atoms in total. The van der Waals surface area contributed by atoms with Crippen molar-refractivity contribution in [2.75, 3.05) is 6.61 Å². The van der Waals surface area contributed by atoms with Gasteiger partial charge in [-0.05, 0) is 70.7 Å². The zero-order valence-corrected chi connectivity index (χ0v) is 19.0. The first kappa shape index (κ1) is 21.7. The van der Waals surface area contributed by atoms with Crippen molar-refractivity contribution in [1.29, 1.82) is 0 Å². The van der Waals surface area contributed by atoms with Crippen LogP contribution in [0.5, 0.6) is 11.5 Å². The van der Waals surface area contributed by atoms with Gasteiger partial charge < -0.3 is 14.8 Å². The summed E-state index contributed by atoms with van der Waals surface area (Å²) >= 11 is 9.61. The third kappa shape index (κ3) is 6.23. The van der Waals surface area contributed by atoms with E-state index in [9.17, 15) is 0 Å². The summed E-state index contributed by atoms with van der Waals surface area (Å²) in [5.74, 6) is 1.45. The molecule has 0 aliphatic carbocycles. The second-order valence-electron chi connectivity index (χ2n) is 6.77. The second kappa shape index (κ2) is 10.7. The molecule has 0 radical (unpaired) electrons. The lowest BCUT2D eigenvalue weighted by Crippen LogP contribution is -2.18. The van der Waals surface area contributed by atoms with Gasteiger partial charge in [0.2, 0.25) is 0 Å². The maximum atomic E-state index is 6.06. The first-order valence-electron chi connectivity index (χ1n) is 9.67. The fourth-order valence-electron chi connectivity index (χ4n) is 2.99. The average Bonchev–Trinajstić information content (AvgIpc) is 2.73. The molecule has 0 amide bonds. The van der Waals surface area contributed by atoms with Gasteiger partial charge in [0.05, 0.1) is 11.1 Å². The van der Waals surface area contributed by atoms with Crippen LogP contribution in [0.4, 0.5) is 0 Å². The predicted octanol–water partition coefficient (Wildman–Crippen LogP) is 6.93. The van der Waals surface area contributed by atoms with E-state index >= 15 is 0 Å². The van der Waals surface area contributed by atoms with Gasteiger partial charge >= 0.3 is 0 Å². The highest BCUT2D eigenvalue weighted by molar-refractivity contribution is 9.10. The Hall–Kier alpha value is -2.01. The van der Waals surface area contributed by atoms with Crippen LogP contribution in [0.1, 0.15) is 36.6 Å². The number of halogens is 2. The van der Waals surface area contributed by atoms with Gasteiger partial charge in [-0.2, -0.15) is 0 Å². The molecule has 0 spiro atoms. The van der Waals surface area contributed by atoms with Crippen molar-refractivity contribution in [2.24, 2.45) is 0 Å². The molecular formula is C24H25BrClNO2. The van der Waals surface area contributed by atoms with E-state index in [1.165, 1.54) is 5.56 Å². The van der Waals surface area contributed by atoms with E-state index in [0.717, 1.165) is 27.9 Å². The third-order valence-corrected chi connectivity index (χ3v) is 5.42. The lowest BCUT2D eigenvalue weighted by atomic mass is 10.1. The highest BCUT2D eigenvalue weighted by atomic mass is 79.9. The van der Waals surface area contributed by atoms with Crippen molar-refractivity contribution < 1.29 is 9.47 Å². The van der Waals surface area contributed by atoms with Crippen LogP contribution < -0.4 is 14.8 Å². The van der Waals surface area contributed by atoms with Crippen molar-refractivity contribution >= 4 is 27.5 Å². The molecule has 0 heterocycles. The molecule has 3 aromatic carbocycles. The van der Waals surface area contributed by atoms with E-state index in [1.807, 2.05) is 43.3 Å². The lowest BCUT2D eigenvalue weighted by molar-refractivity contribution is 0.267. The third-order valence-electron chi connectivity index (χ3n) is 4.58. The summed E-state index contributed by atoms with van der Waals surface area (Å²) in [6.07, 6.45) is 0. The Labute approximate surface area is 186 Å². The van der Waals surface area contributed by atoms with E-state index in [1.54, 1.807) is 0 Å². The number of rotatable bonds is 9. The summed E-state index contributed by atoms with van der Waals surface area (Å²) < 4.78 is 12.8. The maximum absolute atomic E-state index is 6.06. The quantitative estimate of drug-likeness (QED) is 0.365. The molecule has 0 saturated carbocycles. The Morgan fingerprint density at radius 2 is 1.69 bits per heavy atom. The Bertz CT molecular complexity index is 916. The van der Waals surface area contributed by atoms with E-state index in [0.29, 0.717) is 24.0 Å². The topological polar surface area (TPSA) is 30.5 Å². The molecule has 0 aromatic heterocycles. The SMILES string of the molecule is CCOc1cc(CN[C@H](C)c2ccccc2)cc(Br)c1OCc1ccc(Cl)cc1. The van der Waals surface area contributed by atoms with E-state index in [-0.39, 0.29) is 6.04 Å². The molecule has 152 valence electrons. The van der Waals surface area contributed by atoms with Gasteiger partial charge in [0.25, 0.3) is 0 Å². The number of benzene rings is 3. The van der Waals surface area contributed by atoms with Crippen LogP contribution in [-0.4, -0.2) is 6.61 Å². The smallest absolute Gasteiger partial charge is 0.175 e. The standard InChI is InChI=1S/C24H25BrClNO2/c1-3-28-23-14-19(15-27-17(2)20-7-5-4-6-8-20)13-22(25)24(23)29-16-18-9-11-21(26)12-10-18/h4-14,17,27H,3,15-16H2,1-2H3/t17-/m1/s1. The minimum absolute atomic E-state index is 0.256. The van der Waals surface area contributed by atoms with Crippen LogP contribution >= 0.6 is 27.5 Å². The highest BCUT2D eigenvalue weighted by Crippen LogP contribution is 2.37. The number of hydrogen-bond donors (Lipinski definition) is 1. The zero-order chi connectivity index (χ0) is 20.6. The van der Waals surface area contributed by atoms with Gasteiger partial charge in [-0.25, -0.2) is 0 Å². The summed E-state index contributed by atoms with van der Waals surface area (Å²) in [5.41, 5.74) is 3.44. The van der Waals surface area contributed by atoms with Crippen LogP contribution in [0, 0.1) is 0 Å². The fourth-order valence-corrected chi connectivity index (χ4v) is 3.72. The molecule has 29 heavy (non-hydrogen) atoms. The molecule has 0 aliphatic rings. The first-order chi connectivity index (χ1) is 14.1. The Balaban J connectivity index is 1.70. The molecule has 1 atom stereocenters. The number of ether oxygens (including phenoxy) is 2. The molecule has 5 heteroatoms. The molecular weight excluding hydrogens is 450 g/mol. The van der Waals surface area contributed by atoms with Crippen LogP contribution in [-0.2, 0) is 13.2 Å². The van der Waals surface area contributed by atoms with Gasteiger partial charge in [0.1, 0.15) is 6.61 Å². The van der Waals surface area contributed by atoms with Gasteiger partial charge in [-0.3, -0.25) is 0 Å². The van der Waals surface area contributed by atoms with Crippen molar-refractivity contribution in [1.82, 2.24) is 5.32 Å². The van der Waals surface area contributed by atoms with Gasteiger partial charge in [-0.15, -0.1) is 0 Å². The molecule has 1 N–H and O–H groups in total. The largest absolute Gasteiger partial charge is 0.490 e. The van der Waals surface area contributed by atoms with E-state index < -0.39 is 0 Å². The van der Waals surface area contributed by atoms with Crippen LogP contribution in [0.3, 0.4) is 0 Å². The molecule has 3 aromatic rings. The predicted molar refractivity (Wildman–Crippen MR) is 123 cm³/mol. The Morgan fingerprint density at radius 3 is 2.38 bits per heavy atom. The fraction of sp³-hybridized carbons (Fsp3) is 0.250. The van der Waals surface area contributed by atoms with Crippen LogP contribution in [0.25, 0.3) is 0 Å². The molecule has 0 bridgehead atoms. The van der Waals surface area contributed by atoms with Crippen molar-refractivity contribution in [3.63, 3.8) is 0 Å². The lowest BCUT2D eigenvalue weighted by Gasteiger charge is -2.18. The normalized spacial score (nSPS) is 11.9. The minimum atomic E-state index is 0.256. The van der Waals surface area contributed by atoms with Gasteiger partial charge in [0, 0.05) is 17.6 Å². The van der Waals surface area contributed by atoms with Crippen molar-refractivity contribution in [3.8, 4) is 11.5 Å². The van der Waals surface area contributed by atoms with E-state index in [4.69, 9.17) is 21.1 Å². The number of hydrogen-bond acceptors (Lipinski definition) is 3. The summed E-state index contributed by atoms with van der Waals surface area (Å²) in [5, 5.41) is 4.28. The molecule has 3 rings (SSSR count). The monoisotopic (exact) mass is 473 g/mol. The minimum Gasteiger partial charge on any atom is -0.490 e. The summed E-state index contributed by atoms with van der Waals surface area (Å²) in [4.78, 5) is 0. The summed E-state index contributed by atoms with van der Waals surface area (Å²) in [6.45, 7) is 5.88. The van der Waals surface area contributed by atoms with Gasteiger partial charge in [0.15, 0.2) is 11.5 Å². The maximum Gasteiger partial charge on any atom is 0.175 e. The Morgan fingerprint density at radius 1 is 0.966 bits per heavy atom. The van der Waals surface area contributed by atoms with E-state index in [2.05, 4.69) is 58.5 Å². The summed E-state index contributed by atoms with van der Waals surface area (Å²) in [6, 6.07) is 22.4. The average molecular weight is 475 g/mol. The molecule has 0 aliphatic heterocycles. The van der Waals surface area contributed by atoms with Crippen LogP contribution in [0.15, 0.2) is 71.2 Å². The molecule has 0 unspecified atom stereocenters. The van der Waals surface area contributed by atoms with Crippen LogP contribution in [0.2, 0.25) is 5.02 Å². The first-order valence-corrected chi connectivity index (χ1v) is 10.8. The summed E-state index contributed by atoms with van der Waals surface area (Å²) in [7, 11) is 0. The molecule has 0 fully saturated rings. The van der Waals surface area contributed by atoms with Crippen molar-refractivity contribution in [3.05, 3.63) is 92.9 Å². The second-order valence-corrected chi connectivity index (χ2v) is 8.06. The van der Waals surface area contributed by atoms with Gasteiger partial charge in [-0.1, -0.05) is 54.1 Å². The molecule has 0 saturated heterocycles.